The van der Waals surface area contributed by atoms with Crippen LogP contribution in [0.4, 0.5) is 0 Å². The number of rotatable bonds is 1. The van der Waals surface area contributed by atoms with Crippen LogP contribution in [0.3, 0.4) is 0 Å². The van der Waals surface area contributed by atoms with Crippen molar-refractivity contribution in [3.8, 4) is 0 Å². The van der Waals surface area contributed by atoms with E-state index in [0.717, 1.165) is 6.42 Å². The molecule has 0 heterocycles. The molecular formula is C4H6Br4. The topological polar surface area (TPSA) is 0 Å². The second kappa shape index (κ2) is 3.94. The third-order valence-corrected chi connectivity index (χ3v) is 5.55. The van der Waals surface area contributed by atoms with E-state index >= 15 is 0 Å². The van der Waals surface area contributed by atoms with E-state index in [-0.39, 0.29) is 2.14 Å². The molecule has 0 fully saturated rings. The predicted molar refractivity (Wildman–Crippen MR) is 52.5 cm³/mol. The highest BCUT2D eigenvalue weighted by Crippen LogP contribution is 2.41. The Morgan fingerprint density at radius 1 is 1.38 bits per heavy atom. The quantitative estimate of drug-likeness (QED) is 0.610. The smallest absolute Gasteiger partial charge is 0.0857 e. The van der Waals surface area contributed by atoms with Crippen molar-refractivity contribution in [3.63, 3.8) is 0 Å². The van der Waals surface area contributed by atoms with E-state index in [0.29, 0.717) is 4.83 Å². The molecular weight excluding hydrogens is 368 g/mol. The lowest BCUT2D eigenvalue weighted by Crippen LogP contribution is -2.14. The minimum absolute atomic E-state index is 0.137. The largest absolute Gasteiger partial charge is 0.147 e. The number of hydrogen-bond donors (Lipinski definition) is 0. The Kier molecular flexibility index (Phi) is 4.88. The van der Waals surface area contributed by atoms with Gasteiger partial charge < -0.3 is 0 Å². The first-order chi connectivity index (χ1) is 3.48. The van der Waals surface area contributed by atoms with Crippen LogP contribution >= 0.6 is 63.7 Å². The van der Waals surface area contributed by atoms with Crippen molar-refractivity contribution in [2.75, 3.05) is 0 Å². The van der Waals surface area contributed by atoms with Gasteiger partial charge in [0.1, 0.15) is 2.14 Å². The molecule has 0 aromatic heterocycles. The Morgan fingerprint density at radius 3 is 1.75 bits per heavy atom. The lowest BCUT2D eigenvalue weighted by molar-refractivity contribution is 0.900. The van der Waals surface area contributed by atoms with Gasteiger partial charge in [0, 0.05) is 4.83 Å². The third-order valence-electron chi connectivity index (χ3n) is 0.714. The van der Waals surface area contributed by atoms with Crippen LogP contribution in [0, 0.1) is 0 Å². The van der Waals surface area contributed by atoms with Crippen LogP contribution in [0.5, 0.6) is 0 Å². The van der Waals surface area contributed by atoms with Crippen LogP contribution in [0.25, 0.3) is 0 Å². The van der Waals surface area contributed by atoms with Gasteiger partial charge in [-0.25, -0.2) is 0 Å². The molecule has 0 bridgehead atoms. The van der Waals surface area contributed by atoms with E-state index in [4.69, 9.17) is 0 Å². The van der Waals surface area contributed by atoms with Crippen LogP contribution in [-0.2, 0) is 0 Å². The first kappa shape index (κ1) is 9.92. The van der Waals surface area contributed by atoms with Crippen LogP contribution in [0.1, 0.15) is 13.3 Å². The fraction of sp³-hybridized carbons (Fsp3) is 1.00. The molecule has 0 aromatic rings. The van der Waals surface area contributed by atoms with E-state index in [1.165, 1.54) is 0 Å². The summed E-state index contributed by atoms with van der Waals surface area (Å²) in [7, 11) is 0. The van der Waals surface area contributed by atoms with Crippen molar-refractivity contribution in [1.82, 2.24) is 0 Å². The molecule has 0 radical (unpaired) electrons. The SMILES string of the molecule is CCC(Br)C(Br)(Br)Br. The molecule has 0 rings (SSSR count). The Hall–Kier alpha value is 1.92. The van der Waals surface area contributed by atoms with Gasteiger partial charge in [-0.1, -0.05) is 70.6 Å². The minimum atomic E-state index is -0.137. The first-order valence-electron chi connectivity index (χ1n) is 2.19. The molecule has 0 saturated carbocycles. The molecule has 0 aliphatic carbocycles. The van der Waals surface area contributed by atoms with Gasteiger partial charge in [0.05, 0.1) is 0 Å². The average molecular weight is 374 g/mol. The summed E-state index contributed by atoms with van der Waals surface area (Å²) >= 11 is 13.6. The molecule has 0 saturated heterocycles. The number of halogens is 4. The van der Waals surface area contributed by atoms with Crippen molar-refractivity contribution >= 4 is 63.7 Å². The van der Waals surface area contributed by atoms with Crippen molar-refractivity contribution in [3.05, 3.63) is 0 Å². The number of alkyl halides is 4. The summed E-state index contributed by atoms with van der Waals surface area (Å²) in [6.07, 6.45) is 1.07. The molecule has 0 nitrogen and oxygen atoms in total. The van der Waals surface area contributed by atoms with Crippen LogP contribution in [0.2, 0.25) is 0 Å². The molecule has 1 atom stereocenters. The van der Waals surface area contributed by atoms with Gasteiger partial charge >= 0.3 is 0 Å². The zero-order valence-electron chi connectivity index (χ0n) is 4.30. The number of hydrogen-bond acceptors (Lipinski definition) is 0. The zero-order chi connectivity index (χ0) is 6.78. The van der Waals surface area contributed by atoms with Crippen LogP contribution in [-0.4, -0.2) is 6.97 Å². The summed E-state index contributed by atoms with van der Waals surface area (Å²) in [6.45, 7) is 2.11. The van der Waals surface area contributed by atoms with Crippen molar-refractivity contribution in [2.45, 2.75) is 20.3 Å². The molecule has 50 valence electrons. The monoisotopic (exact) mass is 370 g/mol. The maximum Gasteiger partial charge on any atom is 0.147 e. The summed E-state index contributed by atoms with van der Waals surface area (Å²) in [5.41, 5.74) is 0. The van der Waals surface area contributed by atoms with Gasteiger partial charge in [-0.3, -0.25) is 0 Å². The van der Waals surface area contributed by atoms with E-state index in [1.807, 2.05) is 0 Å². The molecule has 4 heteroatoms. The summed E-state index contributed by atoms with van der Waals surface area (Å²) in [5, 5.41) is 0. The first-order valence-corrected chi connectivity index (χ1v) is 5.48. The Morgan fingerprint density at radius 2 is 1.75 bits per heavy atom. The van der Waals surface area contributed by atoms with Crippen molar-refractivity contribution < 1.29 is 0 Å². The summed E-state index contributed by atoms with van der Waals surface area (Å²) in [5.74, 6) is 0. The molecule has 0 aliphatic heterocycles. The molecule has 0 amide bonds. The molecule has 8 heavy (non-hydrogen) atoms. The summed E-state index contributed by atoms with van der Waals surface area (Å²) < 4.78 is -0.137. The second-order valence-electron chi connectivity index (χ2n) is 1.42. The van der Waals surface area contributed by atoms with Gasteiger partial charge in [-0.05, 0) is 6.42 Å². The minimum Gasteiger partial charge on any atom is -0.0857 e. The maximum absolute atomic E-state index is 3.46. The normalized spacial score (nSPS) is 16.1. The van der Waals surface area contributed by atoms with Gasteiger partial charge in [0.2, 0.25) is 0 Å². The Bertz CT molecular complexity index is 64.9. The fourth-order valence-electron chi connectivity index (χ4n) is 0.231. The fourth-order valence-corrected chi connectivity index (χ4v) is 1.20. The van der Waals surface area contributed by atoms with Crippen molar-refractivity contribution in [1.29, 1.82) is 0 Å². The highest BCUT2D eigenvalue weighted by molar-refractivity contribution is 9.40. The Balaban J connectivity index is 3.62. The summed E-state index contributed by atoms with van der Waals surface area (Å²) in [6, 6.07) is 0. The van der Waals surface area contributed by atoms with Crippen molar-refractivity contribution in [2.24, 2.45) is 0 Å². The van der Waals surface area contributed by atoms with Gasteiger partial charge in [0.25, 0.3) is 0 Å². The summed E-state index contributed by atoms with van der Waals surface area (Å²) in [4.78, 5) is 0.412. The molecule has 0 N–H and O–H groups in total. The molecule has 0 spiro atoms. The lowest BCUT2D eigenvalue weighted by Gasteiger charge is -2.16. The molecule has 1 unspecified atom stereocenters. The van der Waals surface area contributed by atoms with E-state index in [2.05, 4.69) is 70.6 Å². The van der Waals surface area contributed by atoms with Crippen LogP contribution < -0.4 is 0 Å². The average Bonchev–Trinajstić information content (AvgIpc) is 1.62. The standard InChI is InChI=1S/C4H6Br4/c1-2-3(5)4(6,7)8/h3H,2H2,1H3. The molecule has 0 aromatic carbocycles. The highest BCUT2D eigenvalue weighted by atomic mass is 80.0. The Labute approximate surface area is 83.3 Å². The zero-order valence-corrected chi connectivity index (χ0v) is 10.6. The van der Waals surface area contributed by atoms with Crippen LogP contribution in [0.15, 0.2) is 0 Å². The second-order valence-corrected chi connectivity index (χ2v) is 9.47. The van der Waals surface area contributed by atoms with E-state index in [9.17, 15) is 0 Å². The maximum atomic E-state index is 3.46. The van der Waals surface area contributed by atoms with Gasteiger partial charge in [-0.15, -0.1) is 0 Å². The molecule has 0 aliphatic rings. The van der Waals surface area contributed by atoms with E-state index < -0.39 is 0 Å². The van der Waals surface area contributed by atoms with Gasteiger partial charge in [0.15, 0.2) is 0 Å². The lowest BCUT2D eigenvalue weighted by atomic mass is 10.4. The van der Waals surface area contributed by atoms with E-state index in [1.54, 1.807) is 0 Å². The highest BCUT2D eigenvalue weighted by Gasteiger charge is 2.26. The third kappa shape index (κ3) is 3.85. The predicted octanol–water partition coefficient (Wildman–Crippen LogP) is 4.00. The van der Waals surface area contributed by atoms with Gasteiger partial charge in [-0.2, -0.15) is 0 Å².